The largest absolute Gasteiger partial charge is 0.394 e. The number of aliphatic hydroxyl groups is 1. The Hall–Kier alpha value is -1.00. The molecule has 3 nitrogen and oxygen atoms in total. The summed E-state index contributed by atoms with van der Waals surface area (Å²) >= 11 is 1.97. The summed E-state index contributed by atoms with van der Waals surface area (Å²) in [6, 6.07) is 9.66. The molecule has 1 aliphatic heterocycles. The molecule has 1 unspecified atom stereocenters. The zero-order chi connectivity index (χ0) is 14.4. The number of carbonyl (C=O) groups excluding carboxylic acids is 1. The number of rotatable bonds is 5. The van der Waals surface area contributed by atoms with Crippen molar-refractivity contribution in [3.05, 3.63) is 35.9 Å². The molecule has 0 aromatic heterocycles. The highest BCUT2D eigenvalue weighted by Crippen LogP contribution is 2.26. The minimum atomic E-state index is -0.693. The summed E-state index contributed by atoms with van der Waals surface area (Å²) in [6.07, 6.45) is 2.82. The van der Waals surface area contributed by atoms with Crippen LogP contribution in [0.3, 0.4) is 0 Å². The van der Waals surface area contributed by atoms with Crippen LogP contribution < -0.4 is 5.32 Å². The molecule has 1 saturated heterocycles. The summed E-state index contributed by atoms with van der Waals surface area (Å²) in [4.78, 5) is 12.2. The van der Waals surface area contributed by atoms with E-state index in [1.54, 1.807) is 0 Å². The van der Waals surface area contributed by atoms with Gasteiger partial charge in [0.05, 0.1) is 12.1 Å². The molecule has 0 radical (unpaired) electrons. The van der Waals surface area contributed by atoms with E-state index in [2.05, 4.69) is 5.32 Å². The fraction of sp³-hybridized carbons (Fsp3) is 0.562. The minimum Gasteiger partial charge on any atom is -0.394 e. The number of benzene rings is 1. The SMILES string of the molecule is CC(CO)(NC(=O)CC1CCSCC1)c1ccccc1. The second-order valence-corrected chi connectivity index (χ2v) is 6.89. The molecule has 20 heavy (non-hydrogen) atoms. The molecule has 0 saturated carbocycles. The van der Waals surface area contributed by atoms with Crippen molar-refractivity contribution in [2.24, 2.45) is 5.92 Å². The van der Waals surface area contributed by atoms with Crippen LogP contribution in [0.5, 0.6) is 0 Å². The summed E-state index contributed by atoms with van der Waals surface area (Å²) in [7, 11) is 0. The highest BCUT2D eigenvalue weighted by Gasteiger charge is 2.28. The van der Waals surface area contributed by atoms with Crippen molar-refractivity contribution in [3.63, 3.8) is 0 Å². The van der Waals surface area contributed by atoms with Gasteiger partial charge in [-0.25, -0.2) is 0 Å². The number of hydrogen-bond donors (Lipinski definition) is 2. The molecular formula is C16H23NO2S. The summed E-state index contributed by atoms with van der Waals surface area (Å²) in [5, 5.41) is 12.7. The highest BCUT2D eigenvalue weighted by molar-refractivity contribution is 7.99. The average Bonchev–Trinajstić information content (AvgIpc) is 2.49. The molecule has 1 heterocycles. The molecular weight excluding hydrogens is 270 g/mol. The van der Waals surface area contributed by atoms with Crippen molar-refractivity contribution in [2.75, 3.05) is 18.1 Å². The molecule has 1 fully saturated rings. The Kier molecular flexibility index (Phi) is 5.49. The van der Waals surface area contributed by atoms with E-state index in [0.717, 1.165) is 29.9 Å². The first-order chi connectivity index (χ1) is 9.64. The van der Waals surface area contributed by atoms with E-state index < -0.39 is 5.54 Å². The van der Waals surface area contributed by atoms with Gasteiger partial charge < -0.3 is 10.4 Å². The van der Waals surface area contributed by atoms with E-state index in [-0.39, 0.29) is 12.5 Å². The van der Waals surface area contributed by atoms with E-state index in [4.69, 9.17) is 0 Å². The van der Waals surface area contributed by atoms with Gasteiger partial charge in [-0.05, 0) is 42.8 Å². The first-order valence-electron chi connectivity index (χ1n) is 7.19. The van der Waals surface area contributed by atoms with Crippen LogP contribution >= 0.6 is 11.8 Å². The summed E-state index contributed by atoms with van der Waals surface area (Å²) in [5.74, 6) is 2.86. The Morgan fingerprint density at radius 1 is 1.35 bits per heavy atom. The van der Waals surface area contributed by atoms with Gasteiger partial charge in [0.25, 0.3) is 0 Å². The number of nitrogens with one attached hydrogen (secondary N) is 1. The van der Waals surface area contributed by atoms with Gasteiger partial charge in [0, 0.05) is 6.42 Å². The van der Waals surface area contributed by atoms with E-state index in [9.17, 15) is 9.90 Å². The van der Waals surface area contributed by atoms with Gasteiger partial charge >= 0.3 is 0 Å². The summed E-state index contributed by atoms with van der Waals surface area (Å²) < 4.78 is 0. The minimum absolute atomic E-state index is 0.0438. The van der Waals surface area contributed by atoms with Crippen molar-refractivity contribution in [2.45, 2.75) is 31.7 Å². The second kappa shape index (κ2) is 7.14. The molecule has 110 valence electrons. The Morgan fingerprint density at radius 2 is 2.00 bits per heavy atom. The van der Waals surface area contributed by atoms with Crippen LogP contribution in [0, 0.1) is 5.92 Å². The number of hydrogen-bond acceptors (Lipinski definition) is 3. The Balaban J connectivity index is 1.96. The number of aliphatic hydroxyl groups excluding tert-OH is 1. The molecule has 2 rings (SSSR count). The molecule has 1 aromatic carbocycles. The van der Waals surface area contributed by atoms with Crippen LogP contribution in [0.15, 0.2) is 30.3 Å². The Bertz CT molecular complexity index is 431. The van der Waals surface area contributed by atoms with Crippen molar-refractivity contribution in [3.8, 4) is 0 Å². The van der Waals surface area contributed by atoms with Crippen molar-refractivity contribution in [1.29, 1.82) is 0 Å². The van der Waals surface area contributed by atoms with Gasteiger partial charge in [-0.3, -0.25) is 4.79 Å². The van der Waals surface area contributed by atoms with E-state index in [0.29, 0.717) is 12.3 Å². The zero-order valence-corrected chi connectivity index (χ0v) is 12.8. The van der Waals surface area contributed by atoms with Gasteiger partial charge in [0.2, 0.25) is 5.91 Å². The molecule has 1 amide bonds. The fourth-order valence-electron chi connectivity index (χ4n) is 2.58. The third-order valence-corrected chi connectivity index (χ3v) is 5.01. The van der Waals surface area contributed by atoms with Crippen LogP contribution in [0.2, 0.25) is 0 Å². The lowest BCUT2D eigenvalue weighted by atomic mass is 9.91. The Labute approximate surface area is 125 Å². The molecule has 0 spiro atoms. The smallest absolute Gasteiger partial charge is 0.221 e. The van der Waals surface area contributed by atoms with E-state index in [1.807, 2.05) is 49.0 Å². The normalized spacial score (nSPS) is 19.3. The molecule has 0 aliphatic carbocycles. The van der Waals surface area contributed by atoms with Crippen LogP contribution in [0.4, 0.5) is 0 Å². The van der Waals surface area contributed by atoms with Crippen LogP contribution in [-0.4, -0.2) is 29.1 Å². The Morgan fingerprint density at radius 3 is 2.60 bits per heavy atom. The monoisotopic (exact) mass is 293 g/mol. The van der Waals surface area contributed by atoms with E-state index in [1.165, 1.54) is 0 Å². The summed E-state index contributed by atoms with van der Waals surface area (Å²) in [6.45, 7) is 1.78. The average molecular weight is 293 g/mol. The molecule has 4 heteroatoms. The van der Waals surface area contributed by atoms with Gasteiger partial charge in [-0.2, -0.15) is 11.8 Å². The summed E-state index contributed by atoms with van der Waals surface area (Å²) in [5.41, 5.74) is 0.247. The topological polar surface area (TPSA) is 49.3 Å². The number of amides is 1. The zero-order valence-electron chi connectivity index (χ0n) is 12.0. The predicted molar refractivity (Wildman–Crippen MR) is 83.7 cm³/mol. The highest BCUT2D eigenvalue weighted by atomic mass is 32.2. The van der Waals surface area contributed by atoms with Crippen molar-refractivity contribution >= 4 is 17.7 Å². The maximum Gasteiger partial charge on any atom is 0.221 e. The lowest BCUT2D eigenvalue weighted by molar-refractivity contribution is -0.124. The van der Waals surface area contributed by atoms with Crippen molar-refractivity contribution < 1.29 is 9.90 Å². The number of carbonyl (C=O) groups is 1. The lowest BCUT2D eigenvalue weighted by Crippen LogP contribution is -2.46. The molecule has 1 aliphatic rings. The maximum atomic E-state index is 12.2. The first kappa shape index (κ1) is 15.4. The first-order valence-corrected chi connectivity index (χ1v) is 8.34. The third kappa shape index (κ3) is 4.00. The van der Waals surface area contributed by atoms with Gasteiger partial charge in [0.15, 0.2) is 0 Å². The van der Waals surface area contributed by atoms with E-state index >= 15 is 0 Å². The molecule has 1 atom stereocenters. The maximum absolute atomic E-state index is 12.2. The number of thioether (sulfide) groups is 1. The molecule has 2 N–H and O–H groups in total. The standard InChI is InChI=1S/C16H23NO2S/c1-16(12-18,14-5-3-2-4-6-14)17-15(19)11-13-7-9-20-10-8-13/h2-6,13,18H,7-12H2,1H3,(H,17,19). The second-order valence-electron chi connectivity index (χ2n) is 5.66. The van der Waals surface area contributed by atoms with Gasteiger partial charge in [0.1, 0.15) is 0 Å². The fourth-order valence-corrected chi connectivity index (χ4v) is 3.78. The molecule has 1 aromatic rings. The van der Waals surface area contributed by atoms with Crippen LogP contribution in [-0.2, 0) is 10.3 Å². The lowest BCUT2D eigenvalue weighted by Gasteiger charge is -2.30. The third-order valence-electron chi connectivity index (χ3n) is 3.96. The predicted octanol–water partition coefficient (Wildman–Crippen LogP) is 2.54. The quantitative estimate of drug-likeness (QED) is 0.877. The molecule has 0 bridgehead atoms. The van der Waals surface area contributed by atoms with Crippen molar-refractivity contribution in [1.82, 2.24) is 5.32 Å². The van der Waals surface area contributed by atoms with Gasteiger partial charge in [-0.1, -0.05) is 30.3 Å². The van der Waals surface area contributed by atoms with Crippen LogP contribution in [0.25, 0.3) is 0 Å². The van der Waals surface area contributed by atoms with Crippen LogP contribution in [0.1, 0.15) is 31.7 Å². The van der Waals surface area contributed by atoms with Gasteiger partial charge in [-0.15, -0.1) is 0 Å².